The van der Waals surface area contributed by atoms with E-state index in [0.717, 1.165) is 11.3 Å². The summed E-state index contributed by atoms with van der Waals surface area (Å²) < 4.78 is 32.1. The Balaban J connectivity index is 1.65. The summed E-state index contributed by atoms with van der Waals surface area (Å²) in [5.74, 6) is -1.90. The predicted molar refractivity (Wildman–Crippen MR) is 107 cm³/mol. The zero-order valence-corrected chi connectivity index (χ0v) is 16.2. The maximum Gasteiger partial charge on any atom is 0.331 e. The number of rotatable bonds is 6. The average molecular weight is 414 g/mol. The smallest absolute Gasteiger partial charge is 0.331 e. The van der Waals surface area contributed by atoms with Gasteiger partial charge in [0.2, 0.25) is 5.91 Å². The van der Waals surface area contributed by atoms with Gasteiger partial charge in [0.15, 0.2) is 5.13 Å². The van der Waals surface area contributed by atoms with E-state index in [-0.39, 0.29) is 23.2 Å². The van der Waals surface area contributed by atoms with E-state index in [2.05, 4.69) is 4.98 Å². The summed E-state index contributed by atoms with van der Waals surface area (Å²) in [6.45, 7) is 1.21. The molecule has 29 heavy (non-hydrogen) atoms. The number of esters is 1. The van der Waals surface area contributed by atoms with Gasteiger partial charge < -0.3 is 4.74 Å². The molecule has 3 aromatic rings. The van der Waals surface area contributed by atoms with E-state index in [1.807, 2.05) is 0 Å². The molecule has 2 aromatic carbocycles. The number of para-hydroxylation sites is 1. The van der Waals surface area contributed by atoms with Crippen LogP contribution in [0, 0.1) is 11.6 Å². The van der Waals surface area contributed by atoms with Crippen LogP contribution in [0.15, 0.2) is 60.0 Å². The number of thiazole rings is 1. The maximum absolute atomic E-state index is 14.1. The lowest BCUT2D eigenvalue weighted by atomic mass is 10.2. The van der Waals surface area contributed by atoms with Crippen molar-refractivity contribution in [3.63, 3.8) is 0 Å². The number of hydrogen-bond donors (Lipinski definition) is 0. The summed E-state index contributed by atoms with van der Waals surface area (Å²) >= 11 is 1.14. The van der Waals surface area contributed by atoms with Crippen molar-refractivity contribution in [2.45, 2.75) is 13.5 Å². The fourth-order valence-corrected chi connectivity index (χ4v) is 3.30. The normalized spacial score (nSPS) is 10.9. The number of carbonyl (C=O) groups excluding carboxylic acids is 2. The average Bonchev–Trinajstić information content (AvgIpc) is 3.16. The number of halogens is 2. The van der Waals surface area contributed by atoms with Gasteiger partial charge in [-0.3, -0.25) is 9.69 Å². The van der Waals surface area contributed by atoms with E-state index >= 15 is 0 Å². The van der Waals surface area contributed by atoms with Crippen molar-refractivity contribution >= 4 is 40.1 Å². The second-order valence-corrected chi connectivity index (χ2v) is 6.76. The Morgan fingerprint density at radius 2 is 1.86 bits per heavy atom. The van der Waals surface area contributed by atoms with Crippen LogP contribution in [-0.4, -0.2) is 16.9 Å². The minimum atomic E-state index is -0.596. The first kappa shape index (κ1) is 20.3. The number of amides is 1. The van der Waals surface area contributed by atoms with Gasteiger partial charge in [-0.2, -0.15) is 0 Å². The van der Waals surface area contributed by atoms with Crippen LogP contribution in [-0.2, 0) is 20.9 Å². The van der Waals surface area contributed by atoms with Crippen LogP contribution in [0.25, 0.3) is 6.08 Å². The van der Waals surface area contributed by atoms with Gasteiger partial charge >= 0.3 is 5.97 Å². The van der Waals surface area contributed by atoms with Gasteiger partial charge in [0.05, 0.1) is 11.4 Å². The quantitative estimate of drug-likeness (QED) is 0.427. The molecule has 0 unspecified atom stereocenters. The summed E-state index contributed by atoms with van der Waals surface area (Å²) in [5.41, 5.74) is 1.18. The topological polar surface area (TPSA) is 59.5 Å². The molecule has 0 aliphatic heterocycles. The molecular formula is C21H16F2N2O3S. The van der Waals surface area contributed by atoms with Crippen LogP contribution in [0.4, 0.5) is 19.6 Å². The van der Waals surface area contributed by atoms with Gasteiger partial charge in [0.25, 0.3) is 0 Å². The molecule has 1 heterocycles. The Hall–Kier alpha value is -3.39. The Labute approximate surface area is 169 Å². The van der Waals surface area contributed by atoms with Crippen molar-refractivity contribution in [2.24, 2.45) is 0 Å². The third-order valence-electron chi connectivity index (χ3n) is 3.78. The predicted octanol–water partition coefficient (Wildman–Crippen LogP) is 4.86. The molecular weight excluding hydrogens is 398 g/mol. The highest BCUT2D eigenvalue weighted by Crippen LogP contribution is 2.30. The lowest BCUT2D eigenvalue weighted by Gasteiger charge is -2.18. The molecule has 148 valence electrons. The van der Waals surface area contributed by atoms with Gasteiger partial charge in [-0.1, -0.05) is 24.3 Å². The van der Waals surface area contributed by atoms with Crippen LogP contribution in [0.1, 0.15) is 18.2 Å². The maximum atomic E-state index is 14.1. The molecule has 0 saturated carbocycles. The third kappa shape index (κ3) is 5.32. The molecule has 0 saturated heterocycles. The summed E-state index contributed by atoms with van der Waals surface area (Å²) in [6, 6.07) is 11.5. The second kappa shape index (κ2) is 9.20. The Kier molecular flexibility index (Phi) is 6.46. The number of benzene rings is 2. The van der Waals surface area contributed by atoms with Crippen molar-refractivity contribution < 1.29 is 23.1 Å². The Morgan fingerprint density at radius 1 is 1.14 bits per heavy atom. The van der Waals surface area contributed by atoms with Crippen molar-refractivity contribution in [3.05, 3.63) is 82.9 Å². The van der Waals surface area contributed by atoms with Crippen LogP contribution in [0.2, 0.25) is 0 Å². The summed E-state index contributed by atoms with van der Waals surface area (Å²) in [4.78, 5) is 29.3. The van der Waals surface area contributed by atoms with E-state index < -0.39 is 17.7 Å². The molecule has 3 rings (SSSR count). The molecule has 0 atom stereocenters. The summed E-state index contributed by atoms with van der Waals surface area (Å²) in [6.07, 6.45) is 2.73. The third-order valence-corrected chi connectivity index (χ3v) is 4.66. The van der Waals surface area contributed by atoms with Crippen LogP contribution >= 0.6 is 11.3 Å². The largest absolute Gasteiger partial charge is 0.456 e. The molecule has 8 heteroatoms. The lowest BCUT2D eigenvalue weighted by molar-refractivity contribution is -0.139. The number of nitrogens with zero attached hydrogens (tertiary/aromatic N) is 2. The number of aromatic nitrogens is 1. The Bertz CT molecular complexity index is 1050. The van der Waals surface area contributed by atoms with Gasteiger partial charge in [-0.05, 0) is 35.9 Å². The summed E-state index contributed by atoms with van der Waals surface area (Å²) in [5, 5.41) is 1.90. The highest BCUT2D eigenvalue weighted by molar-refractivity contribution is 7.14. The van der Waals surface area contributed by atoms with Crippen molar-refractivity contribution in [1.29, 1.82) is 0 Å². The summed E-state index contributed by atoms with van der Waals surface area (Å²) in [7, 11) is 0. The fraction of sp³-hybridized carbons (Fsp3) is 0.0952. The highest BCUT2D eigenvalue weighted by atomic mass is 32.1. The zero-order chi connectivity index (χ0) is 20.8. The number of anilines is 2. The zero-order valence-electron chi connectivity index (χ0n) is 15.3. The van der Waals surface area contributed by atoms with Gasteiger partial charge in [0.1, 0.15) is 18.2 Å². The molecule has 0 radical (unpaired) electrons. The molecule has 5 nitrogen and oxygen atoms in total. The standard InChI is InChI=1S/C21H16F2N2O3S/c1-14(26)25(19-5-3-2-4-18(19)23)21-24-17(13-29-21)12-28-20(27)11-8-15-6-9-16(22)10-7-15/h2-11,13H,12H2,1H3/b11-8+. The van der Waals surface area contributed by atoms with Gasteiger partial charge in [0, 0.05) is 18.4 Å². The van der Waals surface area contributed by atoms with Crippen molar-refractivity contribution in [1.82, 2.24) is 4.98 Å². The molecule has 0 fully saturated rings. The monoisotopic (exact) mass is 414 g/mol. The van der Waals surface area contributed by atoms with Crippen molar-refractivity contribution in [3.8, 4) is 0 Å². The molecule has 0 aliphatic carbocycles. The first-order valence-corrected chi connectivity index (χ1v) is 9.42. The molecule has 1 amide bonds. The highest BCUT2D eigenvalue weighted by Gasteiger charge is 2.21. The SMILES string of the molecule is CC(=O)N(c1nc(COC(=O)/C=C/c2ccc(F)cc2)cs1)c1ccccc1F. The van der Waals surface area contributed by atoms with Crippen LogP contribution < -0.4 is 4.90 Å². The van der Waals surface area contributed by atoms with Crippen LogP contribution in [0.5, 0.6) is 0 Å². The van der Waals surface area contributed by atoms with Crippen LogP contribution in [0.3, 0.4) is 0 Å². The van der Waals surface area contributed by atoms with E-state index in [9.17, 15) is 18.4 Å². The minimum absolute atomic E-state index is 0.0973. The lowest BCUT2D eigenvalue weighted by Crippen LogP contribution is -2.23. The van der Waals surface area contributed by atoms with E-state index in [0.29, 0.717) is 11.3 Å². The number of ether oxygens (including phenoxy) is 1. The number of hydrogen-bond acceptors (Lipinski definition) is 5. The van der Waals surface area contributed by atoms with Gasteiger partial charge in [-0.15, -0.1) is 11.3 Å². The molecule has 0 bridgehead atoms. The van der Waals surface area contributed by atoms with E-state index in [1.54, 1.807) is 11.4 Å². The van der Waals surface area contributed by atoms with E-state index in [4.69, 9.17) is 4.74 Å². The first-order chi connectivity index (χ1) is 13.9. The number of carbonyl (C=O) groups is 2. The Morgan fingerprint density at radius 3 is 2.55 bits per heavy atom. The molecule has 0 N–H and O–H groups in total. The molecule has 1 aromatic heterocycles. The van der Waals surface area contributed by atoms with E-state index in [1.165, 1.54) is 66.4 Å². The molecule has 0 spiro atoms. The minimum Gasteiger partial charge on any atom is -0.456 e. The molecule has 0 aliphatic rings. The second-order valence-electron chi connectivity index (χ2n) is 5.92. The van der Waals surface area contributed by atoms with Crippen molar-refractivity contribution in [2.75, 3.05) is 4.90 Å². The van der Waals surface area contributed by atoms with Gasteiger partial charge in [-0.25, -0.2) is 18.6 Å². The first-order valence-electron chi connectivity index (χ1n) is 8.54. The fourth-order valence-electron chi connectivity index (χ4n) is 2.44.